The summed E-state index contributed by atoms with van der Waals surface area (Å²) < 4.78 is 40.7. The zero-order valence-electron chi connectivity index (χ0n) is 9.96. The summed E-state index contributed by atoms with van der Waals surface area (Å²) in [6.45, 7) is 0. The van der Waals surface area contributed by atoms with E-state index in [2.05, 4.69) is 20.3 Å². The molecule has 0 radical (unpaired) electrons. The Bertz CT molecular complexity index is 701. The highest BCUT2D eigenvalue weighted by Crippen LogP contribution is 2.37. The van der Waals surface area contributed by atoms with Crippen LogP contribution in [0, 0.1) is 0 Å². The fourth-order valence-electron chi connectivity index (χ4n) is 1.89. The van der Waals surface area contributed by atoms with Crippen LogP contribution in [0.4, 0.5) is 13.2 Å². The van der Waals surface area contributed by atoms with E-state index < -0.39 is 11.9 Å². The van der Waals surface area contributed by atoms with Crippen molar-refractivity contribution in [2.45, 2.75) is 6.18 Å². The summed E-state index contributed by atoms with van der Waals surface area (Å²) in [5.74, 6) is 0.0273. The molecular formula is C12H8F3N5. The molecule has 102 valence electrons. The molecule has 0 unspecified atom stereocenters. The molecule has 1 N–H and O–H groups in total. The normalized spacial score (nSPS) is 11.8. The van der Waals surface area contributed by atoms with E-state index in [1.165, 1.54) is 0 Å². The van der Waals surface area contributed by atoms with Crippen LogP contribution < -0.4 is 0 Å². The Balaban J connectivity index is 2.23. The second-order valence-corrected chi connectivity index (χ2v) is 3.99. The van der Waals surface area contributed by atoms with E-state index in [1.54, 1.807) is 30.3 Å². The Kier molecular flexibility index (Phi) is 2.78. The Morgan fingerprint density at radius 1 is 1.10 bits per heavy atom. The molecule has 0 spiro atoms. The molecule has 0 aliphatic carbocycles. The SMILES string of the molecule is FC(F)(F)c1c(-c2ncn[nH]2)cnn1-c1ccccc1. The first-order chi connectivity index (χ1) is 9.57. The maximum absolute atomic E-state index is 13.3. The summed E-state index contributed by atoms with van der Waals surface area (Å²) in [7, 11) is 0. The van der Waals surface area contributed by atoms with Crippen molar-refractivity contribution in [1.29, 1.82) is 0 Å². The lowest BCUT2D eigenvalue weighted by atomic mass is 10.2. The van der Waals surface area contributed by atoms with Gasteiger partial charge in [-0.3, -0.25) is 5.10 Å². The van der Waals surface area contributed by atoms with Gasteiger partial charge in [0.05, 0.1) is 17.4 Å². The van der Waals surface area contributed by atoms with Gasteiger partial charge in [0.2, 0.25) is 0 Å². The van der Waals surface area contributed by atoms with Gasteiger partial charge in [-0.25, -0.2) is 9.67 Å². The largest absolute Gasteiger partial charge is 0.434 e. The molecule has 2 heterocycles. The minimum Gasteiger partial charge on any atom is -0.259 e. The summed E-state index contributed by atoms with van der Waals surface area (Å²) in [6.07, 6.45) is -2.29. The molecule has 0 bridgehead atoms. The molecule has 3 aromatic rings. The third kappa shape index (κ3) is 2.04. The summed E-state index contributed by atoms with van der Waals surface area (Å²) >= 11 is 0. The van der Waals surface area contributed by atoms with Gasteiger partial charge in [0.25, 0.3) is 0 Å². The van der Waals surface area contributed by atoms with Gasteiger partial charge in [-0.15, -0.1) is 0 Å². The lowest BCUT2D eigenvalue weighted by molar-refractivity contribution is -0.142. The quantitative estimate of drug-likeness (QED) is 0.784. The van der Waals surface area contributed by atoms with Crippen LogP contribution >= 0.6 is 0 Å². The highest BCUT2D eigenvalue weighted by molar-refractivity contribution is 5.59. The number of hydrogen-bond acceptors (Lipinski definition) is 3. The van der Waals surface area contributed by atoms with Gasteiger partial charge >= 0.3 is 6.18 Å². The van der Waals surface area contributed by atoms with Crippen LogP contribution in [-0.2, 0) is 6.18 Å². The summed E-state index contributed by atoms with van der Waals surface area (Å²) in [4.78, 5) is 3.75. The fourth-order valence-corrected chi connectivity index (χ4v) is 1.89. The summed E-state index contributed by atoms with van der Waals surface area (Å²) in [6, 6.07) is 8.10. The lowest BCUT2D eigenvalue weighted by Crippen LogP contribution is -2.14. The predicted octanol–water partition coefficient (Wildman–Crippen LogP) is 2.68. The average Bonchev–Trinajstić information content (AvgIpc) is 3.08. The van der Waals surface area contributed by atoms with Gasteiger partial charge in [0.15, 0.2) is 11.5 Å². The number of benzene rings is 1. The topological polar surface area (TPSA) is 59.4 Å². The number of aromatic amines is 1. The molecule has 0 aliphatic rings. The number of para-hydroxylation sites is 1. The molecular weight excluding hydrogens is 271 g/mol. The van der Waals surface area contributed by atoms with Crippen LogP contribution in [0.15, 0.2) is 42.9 Å². The third-order valence-electron chi connectivity index (χ3n) is 2.71. The number of H-pyrrole nitrogens is 1. The van der Waals surface area contributed by atoms with Gasteiger partial charge in [-0.2, -0.15) is 23.4 Å². The minimum atomic E-state index is -4.56. The zero-order chi connectivity index (χ0) is 14.2. The lowest BCUT2D eigenvalue weighted by Gasteiger charge is -2.11. The monoisotopic (exact) mass is 279 g/mol. The number of nitrogens with zero attached hydrogens (tertiary/aromatic N) is 4. The minimum absolute atomic E-state index is 0.0273. The van der Waals surface area contributed by atoms with E-state index in [1.807, 2.05) is 0 Å². The highest BCUT2D eigenvalue weighted by Gasteiger charge is 2.39. The van der Waals surface area contributed by atoms with E-state index in [4.69, 9.17) is 0 Å². The van der Waals surface area contributed by atoms with Crippen LogP contribution in [0.1, 0.15) is 5.69 Å². The highest BCUT2D eigenvalue weighted by atomic mass is 19.4. The van der Waals surface area contributed by atoms with Crippen molar-refractivity contribution in [2.75, 3.05) is 0 Å². The van der Waals surface area contributed by atoms with Crippen molar-refractivity contribution < 1.29 is 13.2 Å². The number of hydrogen-bond donors (Lipinski definition) is 1. The van der Waals surface area contributed by atoms with Crippen LogP contribution in [0.5, 0.6) is 0 Å². The summed E-state index contributed by atoms with van der Waals surface area (Å²) in [5.41, 5.74) is -0.704. The van der Waals surface area contributed by atoms with Gasteiger partial charge < -0.3 is 0 Å². The van der Waals surface area contributed by atoms with Gasteiger partial charge in [-0.05, 0) is 12.1 Å². The van der Waals surface area contributed by atoms with Crippen LogP contribution in [0.2, 0.25) is 0 Å². The molecule has 8 heteroatoms. The van der Waals surface area contributed by atoms with E-state index in [0.29, 0.717) is 5.69 Å². The van der Waals surface area contributed by atoms with Crippen molar-refractivity contribution in [2.24, 2.45) is 0 Å². The Labute approximate surface area is 111 Å². The molecule has 1 aromatic carbocycles. The second kappa shape index (κ2) is 4.48. The molecule has 2 aromatic heterocycles. The van der Waals surface area contributed by atoms with Gasteiger partial charge in [0, 0.05) is 0 Å². The predicted molar refractivity (Wildman–Crippen MR) is 63.9 cm³/mol. The molecule has 0 saturated heterocycles. The fraction of sp³-hybridized carbons (Fsp3) is 0.0833. The maximum atomic E-state index is 13.3. The van der Waals surface area contributed by atoms with Crippen LogP contribution in [-0.4, -0.2) is 25.0 Å². The standard InChI is InChI=1S/C12H8F3N5/c13-12(14,15)10-9(11-16-7-17-19-11)6-18-20(10)8-4-2-1-3-5-8/h1-7H,(H,16,17,19). The zero-order valence-corrected chi connectivity index (χ0v) is 9.96. The van der Waals surface area contributed by atoms with Crippen LogP contribution in [0.25, 0.3) is 17.1 Å². The Morgan fingerprint density at radius 2 is 1.85 bits per heavy atom. The number of aromatic nitrogens is 5. The average molecular weight is 279 g/mol. The van der Waals surface area contributed by atoms with Gasteiger partial charge in [-0.1, -0.05) is 18.2 Å². The molecule has 0 saturated carbocycles. The smallest absolute Gasteiger partial charge is 0.259 e. The van der Waals surface area contributed by atoms with E-state index in [0.717, 1.165) is 17.2 Å². The Morgan fingerprint density at radius 3 is 2.45 bits per heavy atom. The molecule has 0 atom stereocenters. The van der Waals surface area contributed by atoms with Crippen molar-refractivity contribution in [3.63, 3.8) is 0 Å². The number of nitrogens with one attached hydrogen (secondary N) is 1. The summed E-state index contributed by atoms with van der Waals surface area (Å²) in [5, 5.41) is 9.80. The first-order valence-corrected chi connectivity index (χ1v) is 5.64. The Hall–Kier alpha value is -2.64. The van der Waals surface area contributed by atoms with E-state index >= 15 is 0 Å². The first-order valence-electron chi connectivity index (χ1n) is 5.64. The van der Waals surface area contributed by atoms with Crippen molar-refractivity contribution in [1.82, 2.24) is 25.0 Å². The number of halogens is 3. The molecule has 0 aliphatic heterocycles. The number of alkyl halides is 3. The maximum Gasteiger partial charge on any atom is 0.434 e. The second-order valence-electron chi connectivity index (χ2n) is 3.99. The van der Waals surface area contributed by atoms with Crippen molar-refractivity contribution in [3.8, 4) is 17.1 Å². The molecule has 5 nitrogen and oxygen atoms in total. The van der Waals surface area contributed by atoms with Crippen molar-refractivity contribution in [3.05, 3.63) is 48.5 Å². The molecule has 20 heavy (non-hydrogen) atoms. The van der Waals surface area contributed by atoms with E-state index in [-0.39, 0.29) is 11.4 Å². The van der Waals surface area contributed by atoms with Gasteiger partial charge in [0.1, 0.15) is 6.33 Å². The number of rotatable bonds is 2. The third-order valence-corrected chi connectivity index (χ3v) is 2.71. The molecule has 3 rings (SSSR count). The first kappa shape index (κ1) is 12.4. The molecule has 0 fully saturated rings. The van der Waals surface area contributed by atoms with Crippen molar-refractivity contribution >= 4 is 0 Å². The van der Waals surface area contributed by atoms with Crippen LogP contribution in [0.3, 0.4) is 0 Å². The molecule has 0 amide bonds. The van der Waals surface area contributed by atoms with E-state index in [9.17, 15) is 13.2 Å².